The average molecular weight is 291 g/mol. The maximum absolute atomic E-state index is 12.1. The van der Waals surface area contributed by atoms with E-state index in [2.05, 4.69) is 26.1 Å². The van der Waals surface area contributed by atoms with E-state index in [1.807, 2.05) is 0 Å². The second-order valence-electron chi connectivity index (χ2n) is 6.36. The van der Waals surface area contributed by atoms with Gasteiger partial charge in [0.2, 0.25) is 5.91 Å². The second-order valence-corrected chi connectivity index (χ2v) is 6.36. The van der Waals surface area contributed by atoms with Crippen molar-refractivity contribution >= 4 is 18.3 Å². The van der Waals surface area contributed by atoms with Gasteiger partial charge in [-0.3, -0.25) is 4.79 Å². The van der Waals surface area contributed by atoms with Crippen LogP contribution in [-0.4, -0.2) is 18.0 Å². The van der Waals surface area contributed by atoms with E-state index in [1.165, 1.54) is 12.8 Å². The fourth-order valence-electron chi connectivity index (χ4n) is 2.73. The van der Waals surface area contributed by atoms with E-state index in [1.54, 1.807) is 0 Å². The highest BCUT2D eigenvalue weighted by atomic mass is 35.5. The fraction of sp³-hybridized carbons (Fsp3) is 0.933. The number of nitrogens with two attached hydrogens (primary N) is 1. The number of amides is 1. The molecule has 3 N–H and O–H groups in total. The Morgan fingerprint density at radius 3 is 2.53 bits per heavy atom. The lowest BCUT2D eigenvalue weighted by Crippen LogP contribution is -2.41. The molecule has 0 aromatic heterocycles. The largest absolute Gasteiger partial charge is 0.353 e. The van der Waals surface area contributed by atoms with Gasteiger partial charge in [0.15, 0.2) is 0 Å². The van der Waals surface area contributed by atoms with Gasteiger partial charge in [-0.1, -0.05) is 33.1 Å². The number of carbonyl (C=O) groups excluding carboxylic acids is 1. The maximum Gasteiger partial charge on any atom is 0.223 e. The first kappa shape index (κ1) is 18.7. The molecule has 1 rings (SSSR count). The fourth-order valence-corrected chi connectivity index (χ4v) is 2.73. The molecule has 0 saturated heterocycles. The topological polar surface area (TPSA) is 55.1 Å². The molecule has 0 spiro atoms. The Kier molecular flexibility index (Phi) is 9.46. The summed E-state index contributed by atoms with van der Waals surface area (Å²) in [5.41, 5.74) is 5.93. The summed E-state index contributed by atoms with van der Waals surface area (Å²) in [7, 11) is 0. The van der Waals surface area contributed by atoms with Crippen LogP contribution in [0.4, 0.5) is 0 Å². The third-order valence-corrected chi connectivity index (χ3v) is 3.89. The Labute approximate surface area is 124 Å². The van der Waals surface area contributed by atoms with Crippen LogP contribution < -0.4 is 11.1 Å². The van der Waals surface area contributed by atoms with Gasteiger partial charge < -0.3 is 11.1 Å². The zero-order valence-electron chi connectivity index (χ0n) is 12.7. The number of nitrogens with one attached hydrogen (secondary N) is 1. The van der Waals surface area contributed by atoms with Crippen molar-refractivity contribution in [2.45, 2.75) is 77.8 Å². The first-order chi connectivity index (χ1) is 8.49. The summed E-state index contributed by atoms with van der Waals surface area (Å²) < 4.78 is 0. The number of hydrogen-bond donors (Lipinski definition) is 2. The van der Waals surface area contributed by atoms with Gasteiger partial charge in [-0.05, 0) is 38.5 Å². The Morgan fingerprint density at radius 1 is 1.26 bits per heavy atom. The summed E-state index contributed by atoms with van der Waals surface area (Å²) in [6, 6.07) is 0.528. The number of carbonyl (C=O) groups is 1. The number of halogens is 1. The standard InChI is InChI=1S/C15H30N2O.ClH/c1-11(2)6-4-7-12(3)17-15(18)13-8-5-9-14(16)10-13;/h11-14H,4-10,16H2,1-3H3,(H,17,18);1H. The van der Waals surface area contributed by atoms with Crippen LogP contribution in [-0.2, 0) is 4.79 Å². The van der Waals surface area contributed by atoms with Gasteiger partial charge in [0.25, 0.3) is 0 Å². The molecule has 1 aliphatic rings. The normalized spacial score (nSPS) is 24.7. The molecule has 0 aliphatic heterocycles. The molecule has 0 aromatic carbocycles. The molecular formula is C15H31ClN2O. The molecule has 3 atom stereocenters. The minimum Gasteiger partial charge on any atom is -0.353 e. The third-order valence-electron chi connectivity index (χ3n) is 3.89. The van der Waals surface area contributed by atoms with E-state index in [9.17, 15) is 4.79 Å². The highest BCUT2D eigenvalue weighted by molar-refractivity contribution is 5.85. The summed E-state index contributed by atoms with van der Waals surface area (Å²) in [5.74, 6) is 1.13. The minimum atomic E-state index is 0. The van der Waals surface area contributed by atoms with Crippen LogP contribution >= 0.6 is 12.4 Å². The molecule has 19 heavy (non-hydrogen) atoms. The van der Waals surface area contributed by atoms with Crippen LogP contribution in [0.15, 0.2) is 0 Å². The van der Waals surface area contributed by atoms with Gasteiger partial charge in [-0.2, -0.15) is 0 Å². The third kappa shape index (κ3) is 7.78. The molecule has 0 heterocycles. The summed E-state index contributed by atoms with van der Waals surface area (Å²) in [4.78, 5) is 12.1. The smallest absolute Gasteiger partial charge is 0.223 e. The van der Waals surface area contributed by atoms with Gasteiger partial charge >= 0.3 is 0 Å². The molecule has 1 aliphatic carbocycles. The van der Waals surface area contributed by atoms with Crippen molar-refractivity contribution < 1.29 is 4.79 Å². The summed E-state index contributed by atoms with van der Waals surface area (Å²) in [5, 5.41) is 3.15. The molecule has 4 heteroatoms. The molecule has 1 amide bonds. The van der Waals surface area contributed by atoms with Crippen molar-refractivity contribution in [3.63, 3.8) is 0 Å². The van der Waals surface area contributed by atoms with E-state index in [0.717, 1.165) is 38.0 Å². The lowest BCUT2D eigenvalue weighted by atomic mass is 9.85. The van der Waals surface area contributed by atoms with Gasteiger partial charge in [0, 0.05) is 18.0 Å². The van der Waals surface area contributed by atoms with E-state index < -0.39 is 0 Å². The van der Waals surface area contributed by atoms with E-state index in [-0.39, 0.29) is 30.3 Å². The Hall–Kier alpha value is -0.280. The van der Waals surface area contributed by atoms with Crippen LogP contribution in [0.3, 0.4) is 0 Å². The second kappa shape index (κ2) is 9.60. The Morgan fingerprint density at radius 2 is 1.95 bits per heavy atom. The van der Waals surface area contributed by atoms with Crippen LogP contribution in [0, 0.1) is 11.8 Å². The number of hydrogen-bond acceptors (Lipinski definition) is 2. The average Bonchev–Trinajstić information content (AvgIpc) is 2.28. The van der Waals surface area contributed by atoms with Gasteiger partial charge in [-0.25, -0.2) is 0 Å². The molecule has 0 bridgehead atoms. The van der Waals surface area contributed by atoms with Gasteiger partial charge in [-0.15, -0.1) is 12.4 Å². The Balaban J connectivity index is 0.00000324. The zero-order chi connectivity index (χ0) is 13.5. The molecule has 3 nitrogen and oxygen atoms in total. The molecular weight excluding hydrogens is 260 g/mol. The van der Waals surface area contributed by atoms with Crippen molar-refractivity contribution in [1.82, 2.24) is 5.32 Å². The Bertz CT molecular complexity index is 259. The summed E-state index contributed by atoms with van der Waals surface area (Å²) in [6.07, 6.45) is 7.58. The monoisotopic (exact) mass is 290 g/mol. The predicted molar refractivity (Wildman–Crippen MR) is 83.5 cm³/mol. The molecule has 1 fully saturated rings. The predicted octanol–water partition coefficient (Wildman–Crippen LogP) is 3.26. The quantitative estimate of drug-likeness (QED) is 0.789. The lowest BCUT2D eigenvalue weighted by molar-refractivity contribution is -0.126. The van der Waals surface area contributed by atoms with Crippen molar-refractivity contribution in [2.75, 3.05) is 0 Å². The first-order valence-electron chi connectivity index (χ1n) is 7.55. The van der Waals surface area contributed by atoms with Crippen LogP contribution in [0.5, 0.6) is 0 Å². The van der Waals surface area contributed by atoms with Crippen LogP contribution in [0.25, 0.3) is 0 Å². The van der Waals surface area contributed by atoms with Gasteiger partial charge in [0.05, 0.1) is 0 Å². The van der Waals surface area contributed by atoms with Crippen molar-refractivity contribution in [3.8, 4) is 0 Å². The van der Waals surface area contributed by atoms with Crippen molar-refractivity contribution in [2.24, 2.45) is 17.6 Å². The lowest BCUT2D eigenvalue weighted by Gasteiger charge is -2.27. The molecule has 0 aromatic rings. The highest BCUT2D eigenvalue weighted by Gasteiger charge is 2.25. The molecule has 114 valence electrons. The van der Waals surface area contributed by atoms with Crippen molar-refractivity contribution in [1.29, 1.82) is 0 Å². The van der Waals surface area contributed by atoms with Crippen LogP contribution in [0.2, 0.25) is 0 Å². The van der Waals surface area contributed by atoms with Crippen LogP contribution in [0.1, 0.15) is 65.7 Å². The molecule has 0 radical (unpaired) electrons. The molecule has 3 unspecified atom stereocenters. The highest BCUT2D eigenvalue weighted by Crippen LogP contribution is 2.23. The minimum absolute atomic E-state index is 0. The summed E-state index contributed by atoms with van der Waals surface area (Å²) in [6.45, 7) is 6.60. The van der Waals surface area contributed by atoms with E-state index in [0.29, 0.717) is 6.04 Å². The first-order valence-corrected chi connectivity index (χ1v) is 7.55. The maximum atomic E-state index is 12.1. The van der Waals surface area contributed by atoms with E-state index in [4.69, 9.17) is 5.73 Å². The van der Waals surface area contributed by atoms with Gasteiger partial charge in [0.1, 0.15) is 0 Å². The zero-order valence-corrected chi connectivity index (χ0v) is 13.5. The SMILES string of the molecule is CC(C)CCCC(C)NC(=O)C1CCCC(N)C1.Cl. The van der Waals surface area contributed by atoms with E-state index >= 15 is 0 Å². The molecule has 1 saturated carbocycles. The summed E-state index contributed by atoms with van der Waals surface area (Å²) >= 11 is 0. The van der Waals surface area contributed by atoms with Crippen molar-refractivity contribution in [3.05, 3.63) is 0 Å². The number of rotatable bonds is 6.